The van der Waals surface area contributed by atoms with E-state index in [1.807, 2.05) is 12.1 Å². The maximum Gasteiger partial charge on any atom is 0.220 e. The summed E-state index contributed by atoms with van der Waals surface area (Å²) in [7, 11) is 1.67. The maximum absolute atomic E-state index is 12.0. The molecule has 122 valence electrons. The van der Waals surface area contributed by atoms with Crippen molar-refractivity contribution in [3.63, 3.8) is 0 Å². The van der Waals surface area contributed by atoms with Gasteiger partial charge in [-0.2, -0.15) is 0 Å². The van der Waals surface area contributed by atoms with Crippen LogP contribution in [0.25, 0.3) is 0 Å². The number of hydrogen-bond donors (Lipinski definition) is 2. The van der Waals surface area contributed by atoms with E-state index in [1.165, 1.54) is 5.56 Å². The van der Waals surface area contributed by atoms with Crippen LogP contribution in [0.2, 0.25) is 0 Å². The van der Waals surface area contributed by atoms with Crippen molar-refractivity contribution in [2.45, 2.75) is 39.0 Å². The molecule has 4 heteroatoms. The molecule has 0 unspecified atom stereocenters. The van der Waals surface area contributed by atoms with E-state index in [0.29, 0.717) is 6.42 Å². The fourth-order valence-corrected chi connectivity index (χ4v) is 2.85. The van der Waals surface area contributed by atoms with E-state index in [-0.39, 0.29) is 11.3 Å². The summed E-state index contributed by atoms with van der Waals surface area (Å²) >= 11 is 0. The molecule has 1 amide bonds. The Kier molecular flexibility index (Phi) is 6.25. The molecular formula is C18H28N2O2. The lowest BCUT2D eigenvalue weighted by molar-refractivity contribution is -0.121. The first kappa shape index (κ1) is 16.8. The first-order chi connectivity index (χ1) is 10.6. The van der Waals surface area contributed by atoms with Crippen LogP contribution >= 0.6 is 0 Å². The largest absolute Gasteiger partial charge is 0.497 e. The minimum atomic E-state index is 0.174. The highest BCUT2D eigenvalue weighted by atomic mass is 16.5. The number of rotatable bonds is 7. The van der Waals surface area contributed by atoms with Crippen LogP contribution in [0.15, 0.2) is 24.3 Å². The summed E-state index contributed by atoms with van der Waals surface area (Å²) in [5.41, 5.74) is 1.51. The smallest absolute Gasteiger partial charge is 0.220 e. The van der Waals surface area contributed by atoms with Crippen LogP contribution in [0.5, 0.6) is 5.75 Å². The highest BCUT2D eigenvalue weighted by molar-refractivity contribution is 5.75. The highest BCUT2D eigenvalue weighted by Gasteiger charge is 2.26. The summed E-state index contributed by atoms with van der Waals surface area (Å²) in [5.74, 6) is 1.05. The van der Waals surface area contributed by atoms with Gasteiger partial charge in [0.15, 0.2) is 0 Å². The third kappa shape index (κ3) is 5.34. The maximum atomic E-state index is 12.0. The van der Waals surface area contributed by atoms with Crippen LogP contribution in [-0.4, -0.2) is 32.7 Å². The number of carbonyl (C=O) groups is 1. The minimum Gasteiger partial charge on any atom is -0.497 e. The van der Waals surface area contributed by atoms with E-state index >= 15 is 0 Å². The van der Waals surface area contributed by atoms with Crippen molar-refractivity contribution < 1.29 is 9.53 Å². The first-order valence-corrected chi connectivity index (χ1v) is 8.22. The van der Waals surface area contributed by atoms with Gasteiger partial charge >= 0.3 is 0 Å². The Labute approximate surface area is 133 Å². The molecular weight excluding hydrogens is 276 g/mol. The van der Waals surface area contributed by atoms with Gasteiger partial charge in [0.1, 0.15) is 5.75 Å². The van der Waals surface area contributed by atoms with Gasteiger partial charge in [-0.25, -0.2) is 0 Å². The SMILES string of the molecule is COc1ccc(CCCC(=O)NCC2(C)CCNCC2)cc1. The van der Waals surface area contributed by atoms with E-state index < -0.39 is 0 Å². The third-order valence-corrected chi connectivity index (χ3v) is 4.55. The van der Waals surface area contributed by atoms with Gasteiger partial charge in [0.2, 0.25) is 5.91 Å². The van der Waals surface area contributed by atoms with Crippen LogP contribution in [0.4, 0.5) is 0 Å². The number of benzene rings is 1. The molecule has 0 aliphatic carbocycles. The standard InChI is InChI=1S/C18H28N2O2/c1-18(10-12-19-13-11-18)14-20-17(21)5-3-4-15-6-8-16(22-2)9-7-15/h6-9,19H,3-5,10-14H2,1-2H3,(H,20,21). The summed E-state index contributed by atoms with van der Waals surface area (Å²) in [5, 5.41) is 6.48. The molecule has 1 heterocycles. The van der Waals surface area contributed by atoms with Crippen molar-refractivity contribution >= 4 is 5.91 Å². The summed E-state index contributed by atoms with van der Waals surface area (Å²) in [6.07, 6.45) is 4.69. The lowest BCUT2D eigenvalue weighted by Crippen LogP contribution is -2.42. The number of ether oxygens (including phenoxy) is 1. The Bertz CT molecular complexity index is 464. The van der Waals surface area contributed by atoms with Crippen molar-refractivity contribution in [3.05, 3.63) is 29.8 Å². The molecule has 22 heavy (non-hydrogen) atoms. The third-order valence-electron chi connectivity index (χ3n) is 4.55. The topological polar surface area (TPSA) is 50.4 Å². The highest BCUT2D eigenvalue weighted by Crippen LogP contribution is 2.26. The zero-order valence-corrected chi connectivity index (χ0v) is 13.8. The number of methoxy groups -OCH3 is 1. The molecule has 1 aromatic carbocycles. The molecule has 1 aliphatic rings. The predicted molar refractivity (Wildman–Crippen MR) is 89.2 cm³/mol. The first-order valence-electron chi connectivity index (χ1n) is 8.22. The number of nitrogens with one attached hydrogen (secondary N) is 2. The second-order valence-corrected chi connectivity index (χ2v) is 6.54. The molecule has 0 saturated carbocycles. The molecule has 1 aliphatic heterocycles. The molecule has 4 nitrogen and oxygen atoms in total. The van der Waals surface area contributed by atoms with E-state index in [0.717, 1.165) is 51.1 Å². The Balaban J connectivity index is 1.64. The Morgan fingerprint density at radius 1 is 1.27 bits per heavy atom. The fourth-order valence-electron chi connectivity index (χ4n) is 2.85. The van der Waals surface area contributed by atoms with E-state index in [9.17, 15) is 4.79 Å². The van der Waals surface area contributed by atoms with Crippen molar-refractivity contribution in [2.75, 3.05) is 26.7 Å². The summed E-state index contributed by atoms with van der Waals surface area (Å²) < 4.78 is 5.14. The molecule has 0 spiro atoms. The quantitative estimate of drug-likeness (QED) is 0.814. The van der Waals surface area contributed by atoms with Gasteiger partial charge in [0.25, 0.3) is 0 Å². The summed E-state index contributed by atoms with van der Waals surface area (Å²) in [4.78, 5) is 12.0. The van der Waals surface area contributed by atoms with Crippen LogP contribution in [0.1, 0.15) is 38.2 Å². The van der Waals surface area contributed by atoms with Gasteiger partial charge in [-0.3, -0.25) is 4.79 Å². The van der Waals surface area contributed by atoms with Gasteiger partial charge in [0, 0.05) is 13.0 Å². The number of hydrogen-bond acceptors (Lipinski definition) is 3. The van der Waals surface area contributed by atoms with Crippen LogP contribution < -0.4 is 15.4 Å². The number of piperidine rings is 1. The average molecular weight is 304 g/mol. The van der Waals surface area contributed by atoms with Gasteiger partial charge in [0.05, 0.1) is 7.11 Å². The molecule has 0 aromatic heterocycles. The second kappa shape index (κ2) is 8.18. The normalized spacial score (nSPS) is 17.0. The summed E-state index contributed by atoms with van der Waals surface area (Å²) in [6, 6.07) is 8.06. The van der Waals surface area contributed by atoms with Gasteiger partial charge < -0.3 is 15.4 Å². The molecule has 1 fully saturated rings. The van der Waals surface area contributed by atoms with E-state index in [1.54, 1.807) is 7.11 Å². The van der Waals surface area contributed by atoms with Gasteiger partial charge in [-0.05, 0) is 61.9 Å². The van der Waals surface area contributed by atoms with Crippen LogP contribution in [0.3, 0.4) is 0 Å². The van der Waals surface area contributed by atoms with E-state index in [4.69, 9.17) is 4.74 Å². The molecule has 0 radical (unpaired) electrons. The van der Waals surface area contributed by atoms with Gasteiger partial charge in [-0.1, -0.05) is 19.1 Å². The average Bonchev–Trinajstić information content (AvgIpc) is 2.54. The fraction of sp³-hybridized carbons (Fsp3) is 0.611. The van der Waals surface area contributed by atoms with Crippen molar-refractivity contribution in [1.29, 1.82) is 0 Å². The summed E-state index contributed by atoms with van der Waals surface area (Å²) in [6.45, 7) is 5.19. The number of carbonyl (C=O) groups excluding carboxylic acids is 1. The molecule has 2 rings (SSSR count). The second-order valence-electron chi connectivity index (χ2n) is 6.54. The van der Waals surface area contributed by atoms with Crippen molar-refractivity contribution in [3.8, 4) is 5.75 Å². The van der Waals surface area contributed by atoms with Crippen molar-refractivity contribution in [1.82, 2.24) is 10.6 Å². The molecule has 1 saturated heterocycles. The zero-order chi connectivity index (χ0) is 15.8. The van der Waals surface area contributed by atoms with E-state index in [2.05, 4.69) is 29.7 Å². The number of amides is 1. The molecule has 0 atom stereocenters. The molecule has 0 bridgehead atoms. The Morgan fingerprint density at radius 3 is 2.59 bits per heavy atom. The number of aryl methyl sites for hydroxylation is 1. The Morgan fingerprint density at radius 2 is 1.95 bits per heavy atom. The molecule has 2 N–H and O–H groups in total. The Hall–Kier alpha value is -1.55. The van der Waals surface area contributed by atoms with Crippen LogP contribution in [0, 0.1) is 5.41 Å². The van der Waals surface area contributed by atoms with Crippen LogP contribution in [-0.2, 0) is 11.2 Å². The molecule has 1 aromatic rings. The van der Waals surface area contributed by atoms with Crippen molar-refractivity contribution in [2.24, 2.45) is 5.41 Å². The predicted octanol–water partition coefficient (Wildman–Crippen LogP) is 2.52. The lowest BCUT2D eigenvalue weighted by atomic mass is 9.81. The van der Waals surface area contributed by atoms with Gasteiger partial charge in [-0.15, -0.1) is 0 Å². The minimum absolute atomic E-state index is 0.174. The lowest BCUT2D eigenvalue weighted by Gasteiger charge is -2.34. The zero-order valence-electron chi connectivity index (χ0n) is 13.8. The monoisotopic (exact) mass is 304 g/mol.